The number of nitrogens with zero attached hydrogens (tertiary/aromatic N) is 3. The third-order valence-corrected chi connectivity index (χ3v) is 6.59. The quantitative estimate of drug-likeness (QED) is 0.370. The molecule has 3 aromatic heterocycles. The average molecular weight is 463 g/mol. The minimum atomic E-state index is -0.0862. The molecule has 0 aliphatic carbocycles. The van der Waals surface area contributed by atoms with E-state index in [1.807, 2.05) is 60.8 Å². The molecule has 1 fully saturated rings. The van der Waals surface area contributed by atoms with E-state index in [4.69, 9.17) is 28.2 Å². The van der Waals surface area contributed by atoms with Gasteiger partial charge in [0.2, 0.25) is 0 Å². The van der Waals surface area contributed by atoms with Gasteiger partial charge < -0.3 is 19.2 Å². The van der Waals surface area contributed by atoms with E-state index in [-0.39, 0.29) is 12.1 Å². The normalized spacial score (nSPS) is 18.2. The second-order valence-electron chi connectivity index (χ2n) is 7.96. The van der Waals surface area contributed by atoms with Crippen molar-refractivity contribution < 1.29 is 4.42 Å². The number of hydrogen-bond donors (Lipinski definition) is 1. The van der Waals surface area contributed by atoms with Crippen LogP contribution in [0.15, 0.2) is 77.5 Å². The number of anilines is 1. The van der Waals surface area contributed by atoms with Crippen molar-refractivity contribution in [3.05, 3.63) is 107 Å². The van der Waals surface area contributed by atoms with E-state index < -0.39 is 0 Å². The van der Waals surface area contributed by atoms with Crippen LogP contribution in [-0.4, -0.2) is 14.7 Å². The number of benzene rings is 1. The molecule has 4 aromatic rings. The maximum atomic E-state index is 6.16. The molecule has 1 saturated heterocycles. The van der Waals surface area contributed by atoms with Crippen LogP contribution in [0.3, 0.4) is 0 Å². The number of pyridine rings is 1. The summed E-state index contributed by atoms with van der Waals surface area (Å²) in [5.41, 5.74) is 5.49. The molecule has 162 valence electrons. The lowest BCUT2D eigenvalue weighted by atomic mass is 9.96. The van der Waals surface area contributed by atoms with E-state index in [2.05, 4.69) is 39.7 Å². The zero-order valence-electron chi connectivity index (χ0n) is 17.8. The number of hydrogen-bond acceptors (Lipinski definition) is 3. The molecule has 32 heavy (non-hydrogen) atoms. The lowest BCUT2D eigenvalue weighted by molar-refractivity contribution is 0.488. The molecule has 1 N–H and O–H groups in total. The Bertz CT molecular complexity index is 1240. The zero-order chi connectivity index (χ0) is 22.2. The van der Waals surface area contributed by atoms with Gasteiger partial charge in [-0.3, -0.25) is 4.98 Å². The number of thiocarbonyl (C=S) groups is 1. The molecule has 7 heteroatoms. The van der Waals surface area contributed by atoms with Crippen molar-refractivity contribution in [2.75, 3.05) is 4.90 Å². The first-order valence-corrected chi connectivity index (χ1v) is 11.3. The fraction of sp³-hybridized carbons (Fsp3) is 0.200. The Morgan fingerprint density at radius 2 is 1.91 bits per heavy atom. The first-order valence-electron chi connectivity index (χ1n) is 10.5. The topological polar surface area (TPSA) is 46.2 Å². The summed E-state index contributed by atoms with van der Waals surface area (Å²) in [5, 5.41) is 4.88. The standard InChI is InChI=1S/C25H23ClN4OS/c1-16-14-21(17(2)29(16)15-20-6-5-13-31-20)24-23(22-7-3-4-12-27-22)28-25(32)30(24)19-10-8-18(26)9-11-19/h3-14,23-24H,15H2,1-2H3,(H,28,32)/t23-,24+/m0/s1. The number of rotatable bonds is 5. The average Bonchev–Trinajstić information content (AvgIpc) is 3.50. The van der Waals surface area contributed by atoms with Crippen LogP contribution in [0.5, 0.6) is 0 Å². The van der Waals surface area contributed by atoms with Crippen LogP contribution in [0.1, 0.15) is 40.5 Å². The molecule has 2 atom stereocenters. The van der Waals surface area contributed by atoms with E-state index in [0.29, 0.717) is 16.7 Å². The van der Waals surface area contributed by atoms with Crippen molar-refractivity contribution in [1.82, 2.24) is 14.9 Å². The van der Waals surface area contributed by atoms with Crippen molar-refractivity contribution in [3.63, 3.8) is 0 Å². The molecular weight excluding hydrogens is 440 g/mol. The van der Waals surface area contributed by atoms with Gasteiger partial charge in [-0.2, -0.15) is 0 Å². The van der Waals surface area contributed by atoms with Crippen LogP contribution < -0.4 is 10.2 Å². The van der Waals surface area contributed by atoms with Crippen LogP contribution in [0, 0.1) is 13.8 Å². The van der Waals surface area contributed by atoms with Gasteiger partial charge in [-0.1, -0.05) is 17.7 Å². The number of aromatic nitrogens is 2. The minimum absolute atomic E-state index is 0.0601. The van der Waals surface area contributed by atoms with Gasteiger partial charge in [-0.05, 0) is 86.2 Å². The van der Waals surface area contributed by atoms with Gasteiger partial charge in [-0.15, -0.1) is 0 Å². The van der Waals surface area contributed by atoms with Gasteiger partial charge in [0.05, 0.1) is 30.6 Å². The Hall–Kier alpha value is -3.09. The van der Waals surface area contributed by atoms with Crippen molar-refractivity contribution in [1.29, 1.82) is 0 Å². The molecule has 0 unspecified atom stereocenters. The molecule has 4 heterocycles. The van der Waals surface area contributed by atoms with E-state index >= 15 is 0 Å². The van der Waals surface area contributed by atoms with Crippen molar-refractivity contribution in [2.24, 2.45) is 0 Å². The molecule has 5 rings (SSSR count). The van der Waals surface area contributed by atoms with E-state index in [1.54, 1.807) is 6.26 Å². The second-order valence-corrected chi connectivity index (χ2v) is 8.79. The first-order chi connectivity index (χ1) is 15.5. The van der Waals surface area contributed by atoms with Crippen LogP contribution in [0.2, 0.25) is 5.02 Å². The predicted octanol–water partition coefficient (Wildman–Crippen LogP) is 5.97. The molecule has 5 nitrogen and oxygen atoms in total. The second kappa shape index (κ2) is 8.45. The summed E-state index contributed by atoms with van der Waals surface area (Å²) in [6, 6.07) is 19.8. The smallest absolute Gasteiger partial charge is 0.174 e. The van der Waals surface area contributed by atoms with Gasteiger partial charge in [0, 0.05) is 28.3 Å². The highest BCUT2D eigenvalue weighted by molar-refractivity contribution is 7.80. The summed E-state index contributed by atoms with van der Waals surface area (Å²) in [6.07, 6.45) is 3.53. The van der Waals surface area contributed by atoms with Gasteiger partial charge in [0.1, 0.15) is 5.76 Å². The van der Waals surface area contributed by atoms with Crippen molar-refractivity contribution in [2.45, 2.75) is 32.5 Å². The van der Waals surface area contributed by atoms with Crippen LogP contribution in [0.4, 0.5) is 5.69 Å². The van der Waals surface area contributed by atoms with E-state index in [0.717, 1.165) is 17.1 Å². The van der Waals surface area contributed by atoms with Crippen LogP contribution in [-0.2, 0) is 6.54 Å². The SMILES string of the molecule is Cc1cc([C@@H]2[C@H](c3ccccn3)NC(=S)N2c2ccc(Cl)cc2)c(C)n1Cc1ccco1. The Morgan fingerprint density at radius 1 is 1.09 bits per heavy atom. The van der Waals surface area contributed by atoms with Gasteiger partial charge in [0.25, 0.3) is 0 Å². The summed E-state index contributed by atoms with van der Waals surface area (Å²) in [7, 11) is 0. The van der Waals surface area contributed by atoms with Gasteiger partial charge in [0.15, 0.2) is 5.11 Å². The third-order valence-electron chi connectivity index (χ3n) is 6.03. The summed E-state index contributed by atoms with van der Waals surface area (Å²) < 4.78 is 7.89. The van der Waals surface area contributed by atoms with Crippen molar-refractivity contribution in [3.8, 4) is 0 Å². The third kappa shape index (κ3) is 3.70. The number of nitrogens with one attached hydrogen (secondary N) is 1. The van der Waals surface area contributed by atoms with Gasteiger partial charge >= 0.3 is 0 Å². The molecule has 1 aliphatic heterocycles. The summed E-state index contributed by atoms with van der Waals surface area (Å²) >= 11 is 12.0. The first kappa shape index (κ1) is 20.8. The highest BCUT2D eigenvalue weighted by Gasteiger charge is 2.42. The molecule has 0 radical (unpaired) electrons. The molecule has 1 aliphatic rings. The molecule has 0 bridgehead atoms. The Morgan fingerprint density at radius 3 is 2.59 bits per heavy atom. The fourth-order valence-corrected chi connectivity index (χ4v) is 4.95. The fourth-order valence-electron chi connectivity index (χ4n) is 4.48. The molecule has 0 amide bonds. The monoisotopic (exact) mass is 462 g/mol. The number of halogens is 1. The maximum Gasteiger partial charge on any atom is 0.174 e. The largest absolute Gasteiger partial charge is 0.467 e. The summed E-state index contributed by atoms with van der Waals surface area (Å²) in [6.45, 7) is 4.97. The molecule has 0 saturated carbocycles. The lowest BCUT2D eigenvalue weighted by Gasteiger charge is -2.28. The maximum absolute atomic E-state index is 6.16. The Balaban J connectivity index is 1.62. The zero-order valence-corrected chi connectivity index (χ0v) is 19.4. The van der Waals surface area contributed by atoms with E-state index in [1.165, 1.54) is 17.0 Å². The van der Waals surface area contributed by atoms with Crippen LogP contribution >= 0.6 is 23.8 Å². The van der Waals surface area contributed by atoms with Gasteiger partial charge in [-0.25, -0.2) is 0 Å². The predicted molar refractivity (Wildman–Crippen MR) is 131 cm³/mol. The summed E-state index contributed by atoms with van der Waals surface area (Å²) in [5.74, 6) is 0.925. The molecule has 1 aromatic carbocycles. The lowest BCUT2D eigenvalue weighted by Crippen LogP contribution is -2.29. The highest BCUT2D eigenvalue weighted by atomic mass is 35.5. The van der Waals surface area contributed by atoms with Crippen LogP contribution in [0.25, 0.3) is 0 Å². The highest BCUT2D eigenvalue weighted by Crippen LogP contribution is 2.43. The summed E-state index contributed by atoms with van der Waals surface area (Å²) in [4.78, 5) is 6.81. The number of aryl methyl sites for hydroxylation is 1. The van der Waals surface area contributed by atoms with E-state index in [9.17, 15) is 0 Å². The van der Waals surface area contributed by atoms with Crippen molar-refractivity contribution >= 4 is 34.6 Å². The Kier molecular flexibility index (Phi) is 5.49. The molecular formula is C25H23ClN4OS. The number of furan rings is 1. The Labute approximate surface area is 197 Å². The molecule has 0 spiro atoms. The minimum Gasteiger partial charge on any atom is -0.467 e.